The number of anilines is 1. The maximum absolute atomic E-state index is 12.6. The molecule has 2 saturated carbocycles. The van der Waals surface area contributed by atoms with Gasteiger partial charge >= 0.3 is 6.03 Å². The van der Waals surface area contributed by atoms with E-state index in [0.29, 0.717) is 25.9 Å². The van der Waals surface area contributed by atoms with Crippen LogP contribution in [-0.2, 0) is 16.1 Å². The van der Waals surface area contributed by atoms with Crippen LogP contribution < -0.4 is 5.32 Å². The van der Waals surface area contributed by atoms with E-state index >= 15 is 0 Å². The Bertz CT molecular complexity index is 583. The van der Waals surface area contributed by atoms with Crippen LogP contribution in [0.4, 0.5) is 10.5 Å². The fourth-order valence-electron chi connectivity index (χ4n) is 4.33. The number of morpholine rings is 1. The predicted molar refractivity (Wildman–Crippen MR) is 96.6 cm³/mol. The highest BCUT2D eigenvalue weighted by Gasteiger charge is 2.38. The van der Waals surface area contributed by atoms with Crippen molar-refractivity contribution in [2.75, 3.05) is 18.5 Å². The average molecular weight is 344 g/mol. The average Bonchev–Trinajstić information content (AvgIpc) is 3.32. The van der Waals surface area contributed by atoms with Crippen molar-refractivity contribution in [2.45, 2.75) is 69.8 Å². The Morgan fingerprint density at radius 2 is 1.92 bits per heavy atom. The molecule has 0 aromatic heterocycles. The van der Waals surface area contributed by atoms with Crippen LogP contribution in [-0.4, -0.2) is 42.3 Å². The highest BCUT2D eigenvalue weighted by molar-refractivity contribution is 5.89. The number of amides is 2. The molecule has 25 heavy (non-hydrogen) atoms. The number of carbonyl (C=O) groups is 1. The van der Waals surface area contributed by atoms with Gasteiger partial charge in [0.25, 0.3) is 0 Å². The van der Waals surface area contributed by atoms with E-state index in [2.05, 4.69) is 5.32 Å². The van der Waals surface area contributed by atoms with Crippen molar-refractivity contribution in [3.05, 3.63) is 29.8 Å². The van der Waals surface area contributed by atoms with Gasteiger partial charge in [0, 0.05) is 12.2 Å². The van der Waals surface area contributed by atoms with Crippen LogP contribution >= 0.6 is 0 Å². The van der Waals surface area contributed by atoms with Crippen molar-refractivity contribution in [1.82, 2.24) is 4.90 Å². The lowest BCUT2D eigenvalue weighted by molar-refractivity contribution is -0.0362. The number of urea groups is 1. The normalized spacial score (nSPS) is 26.6. The third kappa shape index (κ3) is 3.98. The van der Waals surface area contributed by atoms with E-state index in [1.807, 2.05) is 29.2 Å². The summed E-state index contributed by atoms with van der Waals surface area (Å²) in [7, 11) is 0. The van der Waals surface area contributed by atoms with Gasteiger partial charge < -0.3 is 19.7 Å². The van der Waals surface area contributed by atoms with Crippen molar-refractivity contribution in [1.29, 1.82) is 0 Å². The minimum absolute atomic E-state index is 0.00449. The lowest BCUT2D eigenvalue weighted by Crippen LogP contribution is -2.52. The maximum Gasteiger partial charge on any atom is 0.322 e. The Balaban J connectivity index is 1.30. The molecule has 0 spiro atoms. The molecule has 1 heterocycles. The minimum atomic E-state index is -0.00449. The molecule has 4 rings (SSSR count). The number of ether oxygens (including phenoxy) is 2. The fourth-order valence-corrected chi connectivity index (χ4v) is 4.33. The Kier molecular flexibility index (Phi) is 5.22. The molecule has 3 fully saturated rings. The topological polar surface area (TPSA) is 50.8 Å². The molecule has 5 nitrogen and oxygen atoms in total. The number of nitrogens with one attached hydrogen (secondary N) is 1. The van der Waals surface area contributed by atoms with Gasteiger partial charge in [-0.1, -0.05) is 25.0 Å². The molecule has 1 aromatic rings. The first-order chi connectivity index (χ1) is 12.3. The Labute approximate surface area is 149 Å². The Hall–Kier alpha value is -1.59. The summed E-state index contributed by atoms with van der Waals surface area (Å²) in [6, 6.07) is 8.27. The molecule has 136 valence electrons. The zero-order valence-electron chi connectivity index (χ0n) is 14.8. The largest absolute Gasteiger partial charge is 0.374 e. The van der Waals surface area contributed by atoms with E-state index in [1.54, 1.807) is 0 Å². The van der Waals surface area contributed by atoms with Gasteiger partial charge in [0.1, 0.15) is 0 Å². The van der Waals surface area contributed by atoms with E-state index in [1.165, 1.54) is 25.7 Å². The summed E-state index contributed by atoms with van der Waals surface area (Å²) in [6.07, 6.45) is 8.90. The van der Waals surface area contributed by atoms with Crippen molar-refractivity contribution < 1.29 is 14.3 Å². The van der Waals surface area contributed by atoms with Crippen LogP contribution in [0.2, 0.25) is 0 Å². The first kappa shape index (κ1) is 16.9. The monoisotopic (exact) mass is 344 g/mol. The summed E-state index contributed by atoms with van der Waals surface area (Å²) in [5.74, 6) is 0. The third-order valence-corrected chi connectivity index (χ3v) is 5.74. The number of carbonyl (C=O) groups excluding carboxylic acids is 1. The minimum Gasteiger partial charge on any atom is -0.374 e. The molecule has 2 amide bonds. The van der Waals surface area contributed by atoms with Crippen molar-refractivity contribution in [3.8, 4) is 0 Å². The number of rotatable bonds is 4. The molecular formula is C20H28N2O3. The highest BCUT2D eigenvalue weighted by atomic mass is 16.5. The van der Waals surface area contributed by atoms with E-state index < -0.39 is 0 Å². The van der Waals surface area contributed by atoms with Gasteiger partial charge in [-0.15, -0.1) is 0 Å². The van der Waals surface area contributed by atoms with E-state index in [-0.39, 0.29) is 18.2 Å². The number of nitrogens with zero attached hydrogens (tertiary/aromatic N) is 1. The number of benzene rings is 1. The molecular weight excluding hydrogens is 316 g/mol. The van der Waals surface area contributed by atoms with Crippen molar-refractivity contribution in [3.63, 3.8) is 0 Å². The summed E-state index contributed by atoms with van der Waals surface area (Å²) in [4.78, 5) is 14.6. The molecule has 1 saturated heterocycles. The second-order valence-corrected chi connectivity index (χ2v) is 7.45. The van der Waals surface area contributed by atoms with Crippen LogP contribution in [0.1, 0.15) is 50.5 Å². The maximum atomic E-state index is 12.6. The van der Waals surface area contributed by atoms with Gasteiger partial charge in [-0.25, -0.2) is 4.79 Å². The number of fused-ring (bicyclic) bond motifs is 1. The SMILES string of the molecule is O=C(Nc1ccc(COC2CCCC2)cc1)N1CCO[C@H]2CCC[C@H]21. The van der Waals surface area contributed by atoms with Crippen LogP contribution in [0.5, 0.6) is 0 Å². The van der Waals surface area contributed by atoms with Gasteiger partial charge in [-0.2, -0.15) is 0 Å². The molecule has 2 aliphatic carbocycles. The second kappa shape index (κ2) is 7.75. The molecule has 5 heteroatoms. The lowest BCUT2D eigenvalue weighted by atomic mass is 10.1. The molecule has 1 N–H and O–H groups in total. The fraction of sp³-hybridized carbons (Fsp3) is 0.650. The first-order valence-electron chi connectivity index (χ1n) is 9.69. The lowest BCUT2D eigenvalue weighted by Gasteiger charge is -2.37. The van der Waals surface area contributed by atoms with Gasteiger partial charge in [0.15, 0.2) is 0 Å². The highest BCUT2D eigenvalue weighted by Crippen LogP contribution is 2.30. The smallest absolute Gasteiger partial charge is 0.322 e. The summed E-state index contributed by atoms with van der Waals surface area (Å²) in [6.45, 7) is 1.98. The predicted octanol–water partition coefficient (Wildman–Crippen LogP) is 3.93. The van der Waals surface area contributed by atoms with Gasteiger partial charge in [0.2, 0.25) is 0 Å². The van der Waals surface area contributed by atoms with Gasteiger partial charge in [-0.05, 0) is 49.8 Å². The summed E-state index contributed by atoms with van der Waals surface area (Å²) < 4.78 is 11.7. The van der Waals surface area contributed by atoms with E-state index in [9.17, 15) is 4.79 Å². The molecule has 2 atom stereocenters. The standard InChI is InChI=1S/C20H28N2O3/c23-20(22-12-13-24-19-7-3-6-18(19)22)21-16-10-8-15(9-11-16)14-25-17-4-1-2-5-17/h8-11,17-19H,1-7,12-14H2,(H,21,23)/t18-,19+/m1/s1. The van der Waals surface area contributed by atoms with Crippen molar-refractivity contribution in [2.24, 2.45) is 0 Å². The molecule has 0 unspecified atom stereocenters. The molecule has 0 bridgehead atoms. The molecule has 0 radical (unpaired) electrons. The zero-order chi connectivity index (χ0) is 17.1. The molecule has 1 aliphatic heterocycles. The summed E-state index contributed by atoms with van der Waals surface area (Å²) >= 11 is 0. The zero-order valence-corrected chi connectivity index (χ0v) is 14.8. The molecule has 1 aromatic carbocycles. The Morgan fingerprint density at radius 1 is 1.12 bits per heavy atom. The van der Waals surface area contributed by atoms with Gasteiger partial charge in [0.05, 0.1) is 31.5 Å². The second-order valence-electron chi connectivity index (χ2n) is 7.45. The van der Waals surface area contributed by atoms with Crippen LogP contribution in [0.25, 0.3) is 0 Å². The van der Waals surface area contributed by atoms with Crippen LogP contribution in [0.15, 0.2) is 24.3 Å². The van der Waals surface area contributed by atoms with E-state index in [4.69, 9.17) is 9.47 Å². The van der Waals surface area contributed by atoms with E-state index in [0.717, 1.165) is 30.5 Å². The van der Waals surface area contributed by atoms with Crippen LogP contribution in [0.3, 0.4) is 0 Å². The van der Waals surface area contributed by atoms with Crippen LogP contribution in [0, 0.1) is 0 Å². The molecule has 3 aliphatic rings. The summed E-state index contributed by atoms with van der Waals surface area (Å²) in [5.41, 5.74) is 2.00. The quantitative estimate of drug-likeness (QED) is 0.900. The number of hydrogen-bond donors (Lipinski definition) is 1. The van der Waals surface area contributed by atoms with Gasteiger partial charge in [-0.3, -0.25) is 0 Å². The Morgan fingerprint density at radius 3 is 2.72 bits per heavy atom. The summed E-state index contributed by atoms with van der Waals surface area (Å²) in [5, 5.41) is 3.04. The number of hydrogen-bond acceptors (Lipinski definition) is 3. The van der Waals surface area contributed by atoms with Crippen molar-refractivity contribution >= 4 is 11.7 Å². The first-order valence-corrected chi connectivity index (χ1v) is 9.69. The third-order valence-electron chi connectivity index (χ3n) is 5.74.